The summed E-state index contributed by atoms with van der Waals surface area (Å²) >= 11 is 0. The zero-order valence-electron chi connectivity index (χ0n) is 18.0. The molecule has 164 valence electrons. The first-order chi connectivity index (χ1) is 15.1. The van der Waals surface area contributed by atoms with Crippen LogP contribution in [0, 0.1) is 5.82 Å². The van der Waals surface area contributed by atoms with E-state index in [1.165, 1.54) is 16.8 Å². The lowest BCUT2D eigenvalue weighted by molar-refractivity contribution is 0.212. The first-order valence-corrected chi connectivity index (χ1v) is 11.2. The Kier molecular flexibility index (Phi) is 5.50. The molecule has 3 N–H and O–H groups in total. The number of anilines is 3. The van der Waals surface area contributed by atoms with Crippen LogP contribution in [0.25, 0.3) is 0 Å². The third-order valence-electron chi connectivity index (χ3n) is 6.79. The van der Waals surface area contributed by atoms with Crippen LogP contribution in [0.1, 0.15) is 31.7 Å². The van der Waals surface area contributed by atoms with Gasteiger partial charge in [-0.2, -0.15) is 4.98 Å². The topological polar surface area (TPSA) is 73.5 Å². The number of piperazine rings is 1. The number of aromatic nitrogens is 2. The molecule has 0 radical (unpaired) electrons. The molecule has 4 heterocycles. The number of halogens is 1. The number of hydrogen-bond acceptors (Lipinski definition) is 7. The zero-order valence-corrected chi connectivity index (χ0v) is 18.0. The molecule has 7 nitrogen and oxygen atoms in total. The van der Waals surface area contributed by atoms with Crippen molar-refractivity contribution in [3.8, 4) is 0 Å². The van der Waals surface area contributed by atoms with E-state index in [9.17, 15) is 4.39 Å². The molecule has 1 saturated heterocycles. The van der Waals surface area contributed by atoms with Crippen LogP contribution in [0.5, 0.6) is 0 Å². The van der Waals surface area contributed by atoms with Crippen LogP contribution >= 0.6 is 0 Å². The summed E-state index contributed by atoms with van der Waals surface area (Å²) in [5, 5.41) is 1.93. The molecule has 0 saturated carbocycles. The first kappa shape index (κ1) is 20.2. The van der Waals surface area contributed by atoms with Crippen LogP contribution < -0.4 is 21.1 Å². The molecule has 2 aromatic rings. The maximum Gasteiger partial charge on any atom is 0.246 e. The molecule has 1 atom stereocenters. The highest BCUT2D eigenvalue weighted by molar-refractivity contribution is 5.57. The lowest BCUT2D eigenvalue weighted by atomic mass is 9.93. The van der Waals surface area contributed by atoms with Crippen molar-refractivity contribution in [1.82, 2.24) is 20.3 Å². The first-order valence-electron chi connectivity index (χ1n) is 11.2. The Morgan fingerprint density at radius 2 is 2.16 bits per heavy atom. The van der Waals surface area contributed by atoms with Gasteiger partial charge in [0.15, 0.2) is 0 Å². The van der Waals surface area contributed by atoms with Gasteiger partial charge >= 0.3 is 0 Å². The third kappa shape index (κ3) is 4.09. The van der Waals surface area contributed by atoms with Crippen LogP contribution in [-0.4, -0.2) is 53.6 Å². The molecule has 0 spiro atoms. The van der Waals surface area contributed by atoms with Gasteiger partial charge in [0.25, 0.3) is 0 Å². The van der Waals surface area contributed by atoms with Gasteiger partial charge in [-0.05, 0) is 68.5 Å². The van der Waals surface area contributed by atoms with E-state index < -0.39 is 0 Å². The molecule has 1 aromatic carbocycles. The van der Waals surface area contributed by atoms with E-state index in [1.807, 2.05) is 11.1 Å². The molecule has 8 heteroatoms. The molecule has 3 aliphatic heterocycles. The normalized spacial score (nSPS) is 21.4. The summed E-state index contributed by atoms with van der Waals surface area (Å²) in [5.41, 5.74) is 14.1. The number of fused-ring (bicyclic) bond motifs is 3. The molecule has 1 aromatic heterocycles. The standard InChI is InChI=1S/C23H30FN7/c1-16-18(14-27-31(16)23-26-9-8-22(25)28-23)3-2-10-29-11-12-30-20(15-29)7-5-17-4-6-19(24)13-21(17)30/h4,6,8-9,13,20,27H,2-3,5,7,10-12,14-15H2,1H3,(H2,25,26,28). The Hall–Kier alpha value is -2.71. The molecular formula is C23H30FN7. The number of hydrazine groups is 1. The van der Waals surface area contributed by atoms with E-state index in [0.29, 0.717) is 17.8 Å². The quantitative estimate of drug-likeness (QED) is 0.766. The second-order valence-corrected chi connectivity index (χ2v) is 8.70. The molecule has 0 amide bonds. The van der Waals surface area contributed by atoms with E-state index in [1.54, 1.807) is 24.4 Å². The summed E-state index contributed by atoms with van der Waals surface area (Å²) in [7, 11) is 0. The predicted octanol–water partition coefficient (Wildman–Crippen LogP) is 2.71. The molecule has 1 fully saturated rings. The molecule has 1 unspecified atom stereocenters. The Balaban J connectivity index is 1.15. The summed E-state index contributed by atoms with van der Waals surface area (Å²) in [6.07, 6.45) is 6.06. The van der Waals surface area contributed by atoms with Crippen LogP contribution in [-0.2, 0) is 6.42 Å². The Morgan fingerprint density at radius 3 is 3.03 bits per heavy atom. The van der Waals surface area contributed by atoms with E-state index in [0.717, 1.165) is 64.1 Å². The van der Waals surface area contributed by atoms with Crippen molar-refractivity contribution in [2.75, 3.05) is 48.4 Å². The van der Waals surface area contributed by atoms with E-state index in [4.69, 9.17) is 5.73 Å². The lowest BCUT2D eigenvalue weighted by Gasteiger charge is -2.46. The minimum atomic E-state index is -0.131. The highest BCUT2D eigenvalue weighted by atomic mass is 19.1. The number of hydrogen-bond donors (Lipinski definition) is 2. The van der Waals surface area contributed by atoms with Crippen molar-refractivity contribution in [3.63, 3.8) is 0 Å². The SMILES string of the molecule is CC1=C(CCCN2CCN3c4cc(F)ccc4CCC3C2)CNN1c1nccc(N)n1. The number of nitrogens with zero attached hydrogens (tertiary/aromatic N) is 5. The monoisotopic (exact) mass is 423 g/mol. The maximum absolute atomic E-state index is 13.8. The number of benzene rings is 1. The van der Waals surface area contributed by atoms with Gasteiger partial charge in [-0.1, -0.05) is 6.07 Å². The summed E-state index contributed by atoms with van der Waals surface area (Å²) in [5.74, 6) is 0.936. The number of nitrogen functional groups attached to an aromatic ring is 1. The van der Waals surface area contributed by atoms with Crippen molar-refractivity contribution < 1.29 is 4.39 Å². The van der Waals surface area contributed by atoms with Gasteiger partial charge in [0, 0.05) is 49.8 Å². The fourth-order valence-electron chi connectivity index (χ4n) is 5.08. The Morgan fingerprint density at radius 1 is 1.26 bits per heavy atom. The smallest absolute Gasteiger partial charge is 0.246 e. The Labute approximate surface area is 182 Å². The van der Waals surface area contributed by atoms with Gasteiger partial charge in [-0.15, -0.1) is 0 Å². The average Bonchev–Trinajstić information content (AvgIpc) is 3.14. The third-order valence-corrected chi connectivity index (χ3v) is 6.79. The summed E-state index contributed by atoms with van der Waals surface area (Å²) in [6, 6.07) is 7.45. The largest absolute Gasteiger partial charge is 0.384 e. The van der Waals surface area contributed by atoms with Gasteiger partial charge in [-0.3, -0.25) is 4.90 Å². The van der Waals surface area contributed by atoms with Crippen LogP contribution in [0.2, 0.25) is 0 Å². The number of nitrogens with one attached hydrogen (secondary N) is 1. The van der Waals surface area contributed by atoms with Crippen LogP contribution in [0.4, 0.5) is 21.8 Å². The van der Waals surface area contributed by atoms with Crippen molar-refractivity contribution in [1.29, 1.82) is 0 Å². The number of rotatable bonds is 5. The highest BCUT2D eigenvalue weighted by Gasteiger charge is 2.31. The van der Waals surface area contributed by atoms with E-state index >= 15 is 0 Å². The summed E-state index contributed by atoms with van der Waals surface area (Å²) in [6.45, 7) is 7.10. The fourth-order valence-corrected chi connectivity index (χ4v) is 5.08. The van der Waals surface area contributed by atoms with Gasteiger partial charge < -0.3 is 10.6 Å². The van der Waals surface area contributed by atoms with Crippen molar-refractivity contribution in [2.24, 2.45) is 0 Å². The average molecular weight is 424 g/mol. The fraction of sp³-hybridized carbons (Fsp3) is 0.478. The van der Waals surface area contributed by atoms with Gasteiger partial charge in [0.05, 0.1) is 0 Å². The predicted molar refractivity (Wildman–Crippen MR) is 121 cm³/mol. The van der Waals surface area contributed by atoms with E-state index in [2.05, 4.69) is 32.1 Å². The second-order valence-electron chi connectivity index (χ2n) is 8.70. The Bertz CT molecular complexity index is 992. The van der Waals surface area contributed by atoms with Gasteiger partial charge in [0.2, 0.25) is 5.95 Å². The minimum Gasteiger partial charge on any atom is -0.384 e. The number of allylic oxidation sites excluding steroid dienone is 1. The lowest BCUT2D eigenvalue weighted by Crippen LogP contribution is -2.55. The zero-order chi connectivity index (χ0) is 21.4. The molecule has 3 aliphatic rings. The minimum absolute atomic E-state index is 0.131. The van der Waals surface area contributed by atoms with Gasteiger partial charge in [0.1, 0.15) is 11.6 Å². The molecule has 5 rings (SSSR count). The number of nitrogens with two attached hydrogens (primary N) is 1. The van der Waals surface area contributed by atoms with Crippen molar-refractivity contribution in [2.45, 2.75) is 38.6 Å². The van der Waals surface area contributed by atoms with Crippen LogP contribution in [0.15, 0.2) is 41.7 Å². The van der Waals surface area contributed by atoms with E-state index in [-0.39, 0.29) is 5.82 Å². The number of aryl methyl sites for hydroxylation is 1. The molecule has 0 bridgehead atoms. The van der Waals surface area contributed by atoms with Crippen molar-refractivity contribution in [3.05, 3.63) is 53.1 Å². The molecular weight excluding hydrogens is 393 g/mol. The molecule has 31 heavy (non-hydrogen) atoms. The van der Waals surface area contributed by atoms with Gasteiger partial charge in [-0.25, -0.2) is 19.8 Å². The van der Waals surface area contributed by atoms with Crippen LogP contribution in [0.3, 0.4) is 0 Å². The summed E-state index contributed by atoms with van der Waals surface area (Å²) < 4.78 is 13.8. The molecule has 0 aliphatic carbocycles. The maximum atomic E-state index is 13.8. The second kappa shape index (κ2) is 8.43. The highest BCUT2D eigenvalue weighted by Crippen LogP contribution is 2.33. The summed E-state index contributed by atoms with van der Waals surface area (Å²) in [4.78, 5) is 13.6. The van der Waals surface area contributed by atoms with Crippen molar-refractivity contribution >= 4 is 17.5 Å².